The third-order valence-electron chi connectivity index (χ3n) is 2.68. The lowest BCUT2D eigenvalue weighted by atomic mass is 10.0. The summed E-state index contributed by atoms with van der Waals surface area (Å²) in [6.45, 7) is 7.26. The van der Waals surface area contributed by atoms with Crippen LogP contribution in [0.3, 0.4) is 0 Å². The van der Waals surface area contributed by atoms with E-state index in [1.54, 1.807) is 0 Å². The zero-order valence-corrected chi connectivity index (χ0v) is 12.3. The first-order chi connectivity index (χ1) is 8.28. The van der Waals surface area contributed by atoms with Crippen molar-refractivity contribution in [3.8, 4) is 0 Å². The van der Waals surface area contributed by atoms with Crippen LogP contribution < -0.4 is 10.0 Å². The number of hydrogen-bond acceptors (Lipinski definition) is 3. The Morgan fingerprint density at radius 1 is 1.11 bits per heavy atom. The van der Waals surface area contributed by atoms with Crippen LogP contribution in [0, 0.1) is 13.8 Å². The summed E-state index contributed by atoms with van der Waals surface area (Å²) >= 11 is 0. The lowest BCUT2D eigenvalue weighted by Gasteiger charge is -2.15. The quantitative estimate of drug-likeness (QED) is 0.770. The molecule has 1 aromatic rings. The van der Waals surface area contributed by atoms with E-state index in [-0.39, 0.29) is 6.04 Å². The highest BCUT2D eigenvalue weighted by Crippen LogP contribution is 2.16. The molecule has 18 heavy (non-hydrogen) atoms. The van der Waals surface area contributed by atoms with E-state index in [4.69, 9.17) is 0 Å². The van der Waals surface area contributed by atoms with E-state index in [1.807, 2.05) is 0 Å². The highest BCUT2D eigenvalue weighted by Gasteiger charge is 2.06. The fourth-order valence-electron chi connectivity index (χ4n) is 1.90. The fourth-order valence-corrected chi connectivity index (χ4v) is 2.38. The Labute approximate surface area is 110 Å². The molecule has 1 unspecified atom stereocenters. The molecule has 0 spiro atoms. The minimum Gasteiger partial charge on any atom is -0.309 e. The summed E-state index contributed by atoms with van der Waals surface area (Å²) in [6, 6.07) is 6.65. The van der Waals surface area contributed by atoms with E-state index in [0.29, 0.717) is 13.1 Å². The monoisotopic (exact) mass is 270 g/mol. The van der Waals surface area contributed by atoms with Crippen molar-refractivity contribution < 1.29 is 8.42 Å². The molecule has 0 heterocycles. The highest BCUT2D eigenvalue weighted by atomic mass is 32.2. The maximum absolute atomic E-state index is 10.9. The molecular formula is C13H22N2O2S. The Hall–Kier alpha value is -0.910. The molecule has 1 atom stereocenters. The minimum absolute atomic E-state index is 0.213. The van der Waals surface area contributed by atoms with Crippen molar-refractivity contribution in [1.82, 2.24) is 10.0 Å². The van der Waals surface area contributed by atoms with Gasteiger partial charge in [-0.1, -0.05) is 29.3 Å². The summed E-state index contributed by atoms with van der Waals surface area (Å²) in [6.07, 6.45) is 1.17. The number of nitrogens with one attached hydrogen (secondary N) is 2. The number of sulfonamides is 1. The van der Waals surface area contributed by atoms with Crippen LogP contribution in [0.4, 0.5) is 0 Å². The topological polar surface area (TPSA) is 58.2 Å². The smallest absolute Gasteiger partial charge is 0.208 e. The molecule has 102 valence electrons. The zero-order valence-electron chi connectivity index (χ0n) is 11.4. The molecule has 0 aromatic heterocycles. The van der Waals surface area contributed by atoms with Crippen LogP contribution in [0.25, 0.3) is 0 Å². The third kappa shape index (κ3) is 5.62. The van der Waals surface area contributed by atoms with Crippen molar-refractivity contribution >= 4 is 10.0 Å². The summed E-state index contributed by atoms with van der Waals surface area (Å²) < 4.78 is 24.3. The van der Waals surface area contributed by atoms with Gasteiger partial charge in [0, 0.05) is 19.1 Å². The Bertz CT molecular complexity index is 477. The van der Waals surface area contributed by atoms with E-state index in [9.17, 15) is 8.42 Å². The molecule has 0 bridgehead atoms. The van der Waals surface area contributed by atoms with E-state index >= 15 is 0 Å². The first kappa shape index (κ1) is 15.1. The van der Waals surface area contributed by atoms with Gasteiger partial charge in [0.1, 0.15) is 0 Å². The molecule has 0 fully saturated rings. The molecule has 1 rings (SSSR count). The van der Waals surface area contributed by atoms with Gasteiger partial charge in [0.05, 0.1) is 6.26 Å². The van der Waals surface area contributed by atoms with E-state index < -0.39 is 10.0 Å². The molecule has 0 aliphatic carbocycles. The Morgan fingerprint density at radius 3 is 2.17 bits per heavy atom. The summed E-state index contributed by atoms with van der Waals surface area (Å²) in [5, 5.41) is 3.30. The van der Waals surface area contributed by atoms with Gasteiger partial charge in [0.15, 0.2) is 0 Å². The second-order valence-electron chi connectivity index (χ2n) is 4.76. The van der Waals surface area contributed by atoms with Gasteiger partial charge < -0.3 is 5.32 Å². The molecule has 1 aromatic carbocycles. The number of hydrogen-bond donors (Lipinski definition) is 2. The molecule has 4 nitrogen and oxygen atoms in total. The van der Waals surface area contributed by atoms with Crippen molar-refractivity contribution in [2.75, 3.05) is 19.3 Å². The van der Waals surface area contributed by atoms with Gasteiger partial charge in [-0.2, -0.15) is 0 Å². The average Bonchev–Trinajstić information content (AvgIpc) is 2.21. The second kappa shape index (κ2) is 6.31. The summed E-state index contributed by atoms with van der Waals surface area (Å²) in [5.74, 6) is 0. The van der Waals surface area contributed by atoms with Gasteiger partial charge in [-0.15, -0.1) is 0 Å². The second-order valence-corrected chi connectivity index (χ2v) is 6.60. The lowest BCUT2D eigenvalue weighted by Crippen LogP contribution is -2.32. The number of benzene rings is 1. The van der Waals surface area contributed by atoms with Crippen LogP contribution >= 0.6 is 0 Å². The summed E-state index contributed by atoms with van der Waals surface area (Å²) in [4.78, 5) is 0. The molecule has 0 amide bonds. The average molecular weight is 270 g/mol. The van der Waals surface area contributed by atoms with E-state index in [0.717, 1.165) is 0 Å². The van der Waals surface area contributed by atoms with Crippen LogP contribution in [-0.4, -0.2) is 27.8 Å². The molecule has 0 saturated carbocycles. The normalized spacial score (nSPS) is 13.6. The first-order valence-electron chi connectivity index (χ1n) is 6.04. The number of aryl methyl sites for hydroxylation is 2. The molecule has 0 aliphatic rings. The van der Waals surface area contributed by atoms with Gasteiger partial charge in [-0.25, -0.2) is 13.1 Å². The molecule has 0 aliphatic heterocycles. The summed E-state index contributed by atoms with van der Waals surface area (Å²) in [5.41, 5.74) is 3.72. The highest BCUT2D eigenvalue weighted by molar-refractivity contribution is 7.88. The molecule has 5 heteroatoms. The van der Waals surface area contributed by atoms with E-state index in [1.165, 1.54) is 22.9 Å². The van der Waals surface area contributed by atoms with Crippen LogP contribution in [0.15, 0.2) is 18.2 Å². The van der Waals surface area contributed by atoms with E-state index in [2.05, 4.69) is 49.0 Å². The SMILES string of the molecule is Cc1cc(C)cc(C(C)NCCNS(C)(=O)=O)c1. The van der Waals surface area contributed by atoms with Crippen molar-refractivity contribution in [3.63, 3.8) is 0 Å². The molecule has 0 saturated heterocycles. The van der Waals surface area contributed by atoms with Gasteiger partial charge in [-0.05, 0) is 26.3 Å². The van der Waals surface area contributed by atoms with Gasteiger partial charge >= 0.3 is 0 Å². The maximum atomic E-state index is 10.9. The molecule has 2 N–H and O–H groups in total. The van der Waals surface area contributed by atoms with Crippen molar-refractivity contribution in [3.05, 3.63) is 34.9 Å². The number of rotatable bonds is 6. The molecule has 0 radical (unpaired) electrons. The Morgan fingerprint density at radius 2 is 1.67 bits per heavy atom. The van der Waals surface area contributed by atoms with Crippen LogP contribution in [0.1, 0.15) is 29.7 Å². The van der Waals surface area contributed by atoms with Crippen LogP contribution in [0.2, 0.25) is 0 Å². The zero-order chi connectivity index (χ0) is 13.8. The standard InChI is InChI=1S/C13H22N2O2S/c1-10-7-11(2)9-13(8-10)12(3)14-5-6-15-18(4,16)17/h7-9,12,14-15H,5-6H2,1-4H3. The predicted octanol–water partition coefficient (Wildman–Crippen LogP) is 1.50. The van der Waals surface area contributed by atoms with Crippen LogP contribution in [-0.2, 0) is 10.0 Å². The maximum Gasteiger partial charge on any atom is 0.208 e. The van der Waals surface area contributed by atoms with Crippen molar-refractivity contribution in [1.29, 1.82) is 0 Å². The fraction of sp³-hybridized carbons (Fsp3) is 0.538. The molecular weight excluding hydrogens is 248 g/mol. The summed E-state index contributed by atoms with van der Waals surface area (Å²) in [7, 11) is -3.09. The lowest BCUT2D eigenvalue weighted by molar-refractivity contribution is 0.556. The largest absolute Gasteiger partial charge is 0.309 e. The Kier molecular flexibility index (Phi) is 5.31. The Balaban J connectivity index is 2.48. The third-order valence-corrected chi connectivity index (χ3v) is 3.41. The van der Waals surface area contributed by atoms with Crippen molar-refractivity contribution in [2.45, 2.75) is 26.8 Å². The predicted molar refractivity (Wildman–Crippen MR) is 75.2 cm³/mol. The van der Waals surface area contributed by atoms with Crippen molar-refractivity contribution in [2.24, 2.45) is 0 Å². The van der Waals surface area contributed by atoms with Gasteiger partial charge in [0.25, 0.3) is 0 Å². The van der Waals surface area contributed by atoms with Gasteiger partial charge in [-0.3, -0.25) is 0 Å². The first-order valence-corrected chi connectivity index (χ1v) is 7.93. The van der Waals surface area contributed by atoms with Crippen LogP contribution in [0.5, 0.6) is 0 Å². The minimum atomic E-state index is -3.09. The van der Waals surface area contributed by atoms with Gasteiger partial charge in [0.2, 0.25) is 10.0 Å².